The van der Waals surface area contributed by atoms with Gasteiger partial charge < -0.3 is 5.32 Å². The molecule has 1 fully saturated rings. The van der Waals surface area contributed by atoms with Crippen molar-refractivity contribution in [2.75, 3.05) is 0 Å². The zero-order valence-corrected chi connectivity index (χ0v) is 10.1. The molecule has 1 heterocycles. The van der Waals surface area contributed by atoms with Crippen LogP contribution in [0.4, 0.5) is 0 Å². The third-order valence-electron chi connectivity index (χ3n) is 3.09. The lowest BCUT2D eigenvalue weighted by atomic mass is 9.98. The summed E-state index contributed by atoms with van der Waals surface area (Å²) in [5.74, 6) is -0.0164. The average molecular weight is 243 g/mol. The molecule has 1 amide bonds. The van der Waals surface area contributed by atoms with Crippen molar-refractivity contribution in [3.05, 3.63) is 18.0 Å². The summed E-state index contributed by atoms with van der Waals surface area (Å²) in [7, 11) is 0. The number of nitriles is 2. The van der Waals surface area contributed by atoms with Crippen molar-refractivity contribution < 1.29 is 4.79 Å². The Balaban J connectivity index is 1.96. The number of nitrogens with one attached hydrogen (secondary N) is 1. The van der Waals surface area contributed by atoms with Crippen molar-refractivity contribution in [3.63, 3.8) is 0 Å². The smallest absolute Gasteiger partial charge is 0.242 e. The minimum Gasteiger partial charge on any atom is -0.336 e. The first-order valence-corrected chi connectivity index (χ1v) is 5.72. The molecule has 1 aromatic rings. The molecule has 0 radical (unpaired) electrons. The molecule has 6 heteroatoms. The van der Waals surface area contributed by atoms with Gasteiger partial charge in [-0.05, 0) is 25.7 Å². The molecule has 1 aliphatic rings. The van der Waals surface area contributed by atoms with Gasteiger partial charge in [0.1, 0.15) is 18.2 Å². The molecule has 1 unspecified atom stereocenters. The molecule has 6 nitrogen and oxygen atoms in total. The van der Waals surface area contributed by atoms with Gasteiger partial charge in [0.25, 0.3) is 0 Å². The van der Waals surface area contributed by atoms with E-state index in [1.54, 1.807) is 6.92 Å². The summed E-state index contributed by atoms with van der Waals surface area (Å²) in [6, 6.07) is 4.10. The highest BCUT2D eigenvalue weighted by atomic mass is 16.2. The number of carbonyl (C=O) groups excluding carboxylic acids is 1. The van der Waals surface area contributed by atoms with Crippen LogP contribution in [0.1, 0.15) is 25.3 Å². The van der Waals surface area contributed by atoms with Crippen molar-refractivity contribution in [3.8, 4) is 12.1 Å². The van der Waals surface area contributed by atoms with Gasteiger partial charge in [0.05, 0.1) is 17.8 Å². The van der Waals surface area contributed by atoms with Gasteiger partial charge in [0.2, 0.25) is 5.91 Å². The summed E-state index contributed by atoms with van der Waals surface area (Å²) in [6.45, 7) is 1.76. The van der Waals surface area contributed by atoms with Crippen molar-refractivity contribution in [1.82, 2.24) is 15.1 Å². The molecule has 0 aromatic carbocycles. The fourth-order valence-corrected chi connectivity index (χ4v) is 1.87. The number of hydrogen-bond acceptors (Lipinski definition) is 4. The summed E-state index contributed by atoms with van der Waals surface area (Å²) >= 11 is 0. The van der Waals surface area contributed by atoms with E-state index in [9.17, 15) is 4.79 Å². The Hall–Kier alpha value is -2.34. The normalized spacial score (nSPS) is 17.3. The van der Waals surface area contributed by atoms with Crippen LogP contribution in [0.2, 0.25) is 0 Å². The summed E-state index contributed by atoms with van der Waals surface area (Å²) in [5.41, 5.74) is -0.379. The highest BCUT2D eigenvalue weighted by Crippen LogP contribution is 2.39. The highest BCUT2D eigenvalue weighted by molar-refractivity contribution is 5.77. The molecule has 0 saturated heterocycles. The summed E-state index contributed by atoms with van der Waals surface area (Å²) in [4.78, 5) is 11.8. The SMILES string of the molecule is CC(C#N)(NC(=O)Cn1cc(C#N)cn1)C1CC1. The molecule has 0 spiro atoms. The first-order chi connectivity index (χ1) is 8.57. The molecular formula is C12H13N5O. The van der Waals surface area contributed by atoms with Gasteiger partial charge in [-0.2, -0.15) is 15.6 Å². The molecule has 0 aliphatic heterocycles. The van der Waals surface area contributed by atoms with Crippen LogP contribution in [-0.2, 0) is 11.3 Å². The Morgan fingerprint density at radius 1 is 1.67 bits per heavy atom. The van der Waals surface area contributed by atoms with E-state index in [1.807, 2.05) is 6.07 Å². The molecule has 1 atom stereocenters. The van der Waals surface area contributed by atoms with Crippen LogP contribution in [0.5, 0.6) is 0 Å². The van der Waals surface area contributed by atoms with E-state index < -0.39 is 5.54 Å². The predicted molar refractivity (Wildman–Crippen MR) is 61.8 cm³/mol. The number of nitrogens with zero attached hydrogens (tertiary/aromatic N) is 4. The van der Waals surface area contributed by atoms with E-state index in [0.29, 0.717) is 5.56 Å². The Kier molecular flexibility index (Phi) is 3.03. The quantitative estimate of drug-likeness (QED) is 0.836. The second-order valence-electron chi connectivity index (χ2n) is 4.67. The van der Waals surface area contributed by atoms with Crippen LogP contribution in [0, 0.1) is 28.6 Å². The van der Waals surface area contributed by atoms with Crippen molar-refractivity contribution in [2.24, 2.45) is 5.92 Å². The Labute approximate surface area is 105 Å². The van der Waals surface area contributed by atoms with Gasteiger partial charge in [0.15, 0.2) is 0 Å². The molecule has 1 aromatic heterocycles. The van der Waals surface area contributed by atoms with E-state index in [2.05, 4.69) is 16.5 Å². The monoisotopic (exact) mass is 243 g/mol. The summed E-state index contributed by atoms with van der Waals surface area (Å²) < 4.78 is 1.39. The largest absolute Gasteiger partial charge is 0.336 e. The zero-order chi connectivity index (χ0) is 13.2. The first kappa shape index (κ1) is 12.1. The number of carbonyl (C=O) groups is 1. The second kappa shape index (κ2) is 4.50. The molecule has 1 aliphatic carbocycles. The van der Waals surface area contributed by atoms with Gasteiger partial charge in [0, 0.05) is 6.20 Å². The standard InChI is InChI=1S/C12H13N5O/c1-12(8-14,10-2-3-10)16-11(18)7-17-6-9(4-13)5-15-17/h5-6,10H,2-3,7H2,1H3,(H,16,18). The van der Waals surface area contributed by atoms with Crippen LogP contribution >= 0.6 is 0 Å². The number of amides is 1. The topological polar surface area (TPSA) is 94.5 Å². The lowest BCUT2D eigenvalue weighted by molar-refractivity contribution is -0.123. The maximum absolute atomic E-state index is 11.8. The zero-order valence-electron chi connectivity index (χ0n) is 10.1. The van der Waals surface area contributed by atoms with Gasteiger partial charge in [-0.3, -0.25) is 9.48 Å². The van der Waals surface area contributed by atoms with Gasteiger partial charge in [-0.1, -0.05) is 0 Å². The molecule has 92 valence electrons. The van der Waals surface area contributed by atoms with E-state index in [-0.39, 0.29) is 18.4 Å². The third-order valence-corrected chi connectivity index (χ3v) is 3.09. The fourth-order valence-electron chi connectivity index (χ4n) is 1.87. The average Bonchev–Trinajstić information content (AvgIpc) is 3.11. The number of aromatic nitrogens is 2. The van der Waals surface area contributed by atoms with Crippen molar-refractivity contribution >= 4 is 5.91 Å². The van der Waals surface area contributed by atoms with E-state index in [1.165, 1.54) is 17.1 Å². The first-order valence-electron chi connectivity index (χ1n) is 5.72. The maximum Gasteiger partial charge on any atom is 0.242 e. The van der Waals surface area contributed by atoms with Crippen LogP contribution in [-0.4, -0.2) is 21.2 Å². The molecular weight excluding hydrogens is 230 g/mol. The van der Waals surface area contributed by atoms with Crippen LogP contribution in [0.3, 0.4) is 0 Å². The third kappa shape index (κ3) is 2.49. The van der Waals surface area contributed by atoms with E-state index >= 15 is 0 Å². The lowest BCUT2D eigenvalue weighted by Gasteiger charge is -2.22. The van der Waals surface area contributed by atoms with Crippen LogP contribution in [0.25, 0.3) is 0 Å². The van der Waals surface area contributed by atoms with Crippen molar-refractivity contribution in [2.45, 2.75) is 31.8 Å². The molecule has 0 bridgehead atoms. The van der Waals surface area contributed by atoms with Crippen LogP contribution in [0.15, 0.2) is 12.4 Å². The van der Waals surface area contributed by atoms with Gasteiger partial charge >= 0.3 is 0 Å². The minimum atomic E-state index is -0.789. The second-order valence-corrected chi connectivity index (χ2v) is 4.67. The molecule has 1 N–H and O–H groups in total. The molecule has 1 saturated carbocycles. The Morgan fingerprint density at radius 3 is 2.89 bits per heavy atom. The maximum atomic E-state index is 11.8. The molecule has 18 heavy (non-hydrogen) atoms. The van der Waals surface area contributed by atoms with E-state index in [0.717, 1.165) is 12.8 Å². The lowest BCUT2D eigenvalue weighted by Crippen LogP contribution is -2.47. The highest BCUT2D eigenvalue weighted by Gasteiger charge is 2.42. The summed E-state index contributed by atoms with van der Waals surface area (Å²) in [6.07, 6.45) is 4.85. The fraction of sp³-hybridized carbons (Fsp3) is 0.500. The number of rotatable bonds is 4. The minimum absolute atomic E-state index is 0.0195. The Morgan fingerprint density at radius 2 is 2.39 bits per heavy atom. The van der Waals surface area contributed by atoms with Crippen molar-refractivity contribution in [1.29, 1.82) is 10.5 Å². The van der Waals surface area contributed by atoms with Gasteiger partial charge in [-0.15, -0.1) is 0 Å². The molecule has 2 rings (SSSR count). The Bertz CT molecular complexity index is 546. The van der Waals surface area contributed by atoms with Crippen LogP contribution < -0.4 is 5.32 Å². The van der Waals surface area contributed by atoms with Gasteiger partial charge in [-0.25, -0.2) is 0 Å². The predicted octanol–water partition coefficient (Wildman–Crippen LogP) is 0.563. The van der Waals surface area contributed by atoms with E-state index in [4.69, 9.17) is 10.5 Å². The summed E-state index contributed by atoms with van der Waals surface area (Å²) in [5, 5.41) is 24.4. The number of hydrogen-bond donors (Lipinski definition) is 1.